The van der Waals surface area contributed by atoms with E-state index in [0.29, 0.717) is 22.6 Å². The third kappa shape index (κ3) is 4.22. The number of hydrogen-bond donors (Lipinski definition) is 2. The third-order valence-electron chi connectivity index (χ3n) is 6.46. The summed E-state index contributed by atoms with van der Waals surface area (Å²) < 4.78 is 40.8. The number of pyridine rings is 1. The van der Waals surface area contributed by atoms with Crippen molar-refractivity contribution in [3.05, 3.63) is 40.2 Å². The predicted octanol–water partition coefficient (Wildman–Crippen LogP) is 3.12. The molecule has 1 aliphatic heterocycles. The molecule has 0 aromatic carbocycles. The zero-order valence-corrected chi connectivity index (χ0v) is 19.4. The molecule has 1 saturated carbocycles. The number of carbonyl (C=O) groups excluding carboxylic acids is 3. The lowest BCUT2D eigenvalue weighted by molar-refractivity contribution is -0.201. The van der Waals surface area contributed by atoms with Crippen LogP contribution >= 0.6 is 11.3 Å². The Balaban J connectivity index is 1.56. The SMILES string of the molecule is Cc1cc(NC(=O)C(=O)N2C[C@@H](C)N(C(=O)C3(C(F)(F)F)CC3)C[C@@H]2c2ccsc2)cnc1N. The van der Waals surface area contributed by atoms with Crippen LogP contribution in [0.3, 0.4) is 0 Å². The molecular formula is C22H24F3N5O3S. The molecule has 2 atom stereocenters. The number of nitrogens with zero attached hydrogens (tertiary/aromatic N) is 3. The van der Waals surface area contributed by atoms with E-state index >= 15 is 0 Å². The highest BCUT2D eigenvalue weighted by molar-refractivity contribution is 7.08. The van der Waals surface area contributed by atoms with Gasteiger partial charge in [-0.15, -0.1) is 0 Å². The van der Waals surface area contributed by atoms with Crippen molar-refractivity contribution >= 4 is 40.6 Å². The summed E-state index contributed by atoms with van der Waals surface area (Å²) in [5.74, 6) is -2.43. The molecule has 0 unspecified atom stereocenters. The van der Waals surface area contributed by atoms with Gasteiger partial charge >= 0.3 is 18.0 Å². The molecule has 1 saturated heterocycles. The number of piperazine rings is 1. The Labute approximate surface area is 197 Å². The van der Waals surface area contributed by atoms with E-state index in [9.17, 15) is 27.6 Å². The maximum Gasteiger partial charge on any atom is 0.403 e. The standard InChI is InChI=1S/C22H24F3N5O3S/c1-12-7-15(8-27-17(12)26)28-18(31)19(32)30-9-13(2)29(10-16(30)14-3-6-34-11-14)20(33)21(4-5-21)22(23,24)25/h3,6-8,11,13,16H,4-5,9-10H2,1-2H3,(H2,26,27)(H,28,31)/t13-,16-/m1/s1. The maximum atomic E-state index is 13.6. The Morgan fingerprint density at radius 2 is 1.94 bits per heavy atom. The number of amides is 3. The average Bonchev–Trinajstić information content (AvgIpc) is 3.44. The van der Waals surface area contributed by atoms with E-state index in [1.54, 1.807) is 36.7 Å². The number of nitrogen functional groups attached to an aromatic ring is 1. The largest absolute Gasteiger partial charge is 0.403 e. The molecule has 34 heavy (non-hydrogen) atoms. The molecule has 2 aliphatic rings. The number of aryl methyl sites for hydroxylation is 1. The topological polar surface area (TPSA) is 109 Å². The molecule has 3 N–H and O–H groups in total. The second-order valence-electron chi connectivity index (χ2n) is 8.80. The van der Waals surface area contributed by atoms with Crippen LogP contribution < -0.4 is 11.1 Å². The molecule has 3 heterocycles. The highest BCUT2D eigenvalue weighted by atomic mass is 32.1. The van der Waals surface area contributed by atoms with Crippen LogP contribution in [0.2, 0.25) is 0 Å². The Morgan fingerprint density at radius 1 is 1.24 bits per heavy atom. The normalized spacial score (nSPS) is 21.8. The van der Waals surface area contributed by atoms with E-state index in [-0.39, 0.29) is 25.9 Å². The van der Waals surface area contributed by atoms with Crippen molar-refractivity contribution in [2.45, 2.75) is 44.9 Å². The molecule has 12 heteroatoms. The maximum absolute atomic E-state index is 13.6. The highest BCUT2D eigenvalue weighted by Crippen LogP contribution is 2.59. The number of thiophene rings is 1. The Bertz CT molecular complexity index is 1120. The lowest BCUT2D eigenvalue weighted by Gasteiger charge is -2.46. The number of hydrogen-bond acceptors (Lipinski definition) is 6. The number of aromatic nitrogens is 1. The second-order valence-corrected chi connectivity index (χ2v) is 9.58. The first-order chi connectivity index (χ1) is 15.9. The Hall–Kier alpha value is -3.15. The van der Waals surface area contributed by atoms with Crippen molar-refractivity contribution in [3.8, 4) is 0 Å². The monoisotopic (exact) mass is 495 g/mol. The predicted molar refractivity (Wildman–Crippen MR) is 120 cm³/mol. The third-order valence-corrected chi connectivity index (χ3v) is 7.16. The minimum Gasteiger partial charge on any atom is -0.383 e. The fourth-order valence-electron chi connectivity index (χ4n) is 4.22. The number of nitrogens with two attached hydrogens (primary N) is 1. The van der Waals surface area contributed by atoms with Gasteiger partial charge in [0, 0.05) is 19.1 Å². The molecule has 2 aromatic heterocycles. The van der Waals surface area contributed by atoms with E-state index in [1.165, 1.54) is 27.3 Å². The summed E-state index contributed by atoms with van der Waals surface area (Å²) >= 11 is 1.35. The van der Waals surface area contributed by atoms with Crippen molar-refractivity contribution < 1.29 is 27.6 Å². The Kier molecular flexibility index (Phi) is 6.05. The smallest absolute Gasteiger partial charge is 0.383 e. The second kappa shape index (κ2) is 8.57. The molecule has 0 bridgehead atoms. The summed E-state index contributed by atoms with van der Waals surface area (Å²) in [5, 5.41) is 6.02. The van der Waals surface area contributed by atoms with Gasteiger partial charge in [-0.3, -0.25) is 14.4 Å². The number of halogens is 3. The average molecular weight is 496 g/mol. The highest BCUT2D eigenvalue weighted by Gasteiger charge is 2.70. The van der Waals surface area contributed by atoms with Crippen LogP contribution in [0, 0.1) is 12.3 Å². The van der Waals surface area contributed by atoms with E-state index in [0.717, 1.165) is 0 Å². The van der Waals surface area contributed by atoms with Gasteiger partial charge in [0.05, 0.1) is 17.9 Å². The van der Waals surface area contributed by atoms with Gasteiger partial charge < -0.3 is 20.9 Å². The van der Waals surface area contributed by atoms with Crippen LogP contribution in [0.5, 0.6) is 0 Å². The first-order valence-electron chi connectivity index (χ1n) is 10.7. The van der Waals surface area contributed by atoms with Crippen LogP contribution in [-0.2, 0) is 14.4 Å². The fraction of sp³-hybridized carbons (Fsp3) is 0.455. The summed E-state index contributed by atoms with van der Waals surface area (Å²) in [7, 11) is 0. The minimum atomic E-state index is -4.63. The van der Waals surface area contributed by atoms with Crippen molar-refractivity contribution in [1.29, 1.82) is 0 Å². The Morgan fingerprint density at radius 3 is 2.50 bits per heavy atom. The molecule has 182 valence electrons. The van der Waals surface area contributed by atoms with Gasteiger partial charge in [0.15, 0.2) is 0 Å². The van der Waals surface area contributed by atoms with Crippen molar-refractivity contribution in [2.24, 2.45) is 5.41 Å². The van der Waals surface area contributed by atoms with E-state index < -0.39 is 41.4 Å². The molecule has 0 radical (unpaired) electrons. The van der Waals surface area contributed by atoms with Gasteiger partial charge in [-0.05, 0) is 60.7 Å². The molecule has 8 nitrogen and oxygen atoms in total. The zero-order valence-electron chi connectivity index (χ0n) is 18.6. The summed E-state index contributed by atoms with van der Waals surface area (Å²) in [6.07, 6.45) is -3.77. The van der Waals surface area contributed by atoms with Crippen LogP contribution in [0.25, 0.3) is 0 Å². The van der Waals surface area contributed by atoms with Crippen LogP contribution in [-0.4, -0.2) is 57.8 Å². The molecule has 1 aliphatic carbocycles. The van der Waals surface area contributed by atoms with Gasteiger partial charge in [0.25, 0.3) is 0 Å². The number of alkyl halides is 3. The van der Waals surface area contributed by atoms with Crippen LogP contribution in [0.15, 0.2) is 29.1 Å². The molecule has 0 spiro atoms. The van der Waals surface area contributed by atoms with Crippen molar-refractivity contribution in [3.63, 3.8) is 0 Å². The fourth-order valence-corrected chi connectivity index (χ4v) is 4.93. The van der Waals surface area contributed by atoms with Crippen LogP contribution in [0.4, 0.5) is 24.7 Å². The molecular weight excluding hydrogens is 471 g/mol. The van der Waals surface area contributed by atoms with E-state index in [1.807, 2.05) is 0 Å². The lowest BCUT2D eigenvalue weighted by Crippen LogP contribution is -2.60. The number of nitrogens with one attached hydrogen (secondary N) is 1. The van der Waals surface area contributed by atoms with E-state index in [2.05, 4.69) is 10.3 Å². The van der Waals surface area contributed by atoms with Crippen molar-refractivity contribution in [1.82, 2.24) is 14.8 Å². The summed E-state index contributed by atoms with van der Waals surface area (Å²) in [6.45, 7) is 3.08. The minimum absolute atomic E-state index is 0.0779. The summed E-state index contributed by atoms with van der Waals surface area (Å²) in [5.41, 5.74) is 4.91. The number of carbonyl (C=O) groups is 3. The van der Waals surface area contributed by atoms with Gasteiger partial charge in [-0.2, -0.15) is 24.5 Å². The van der Waals surface area contributed by atoms with E-state index in [4.69, 9.17) is 5.73 Å². The molecule has 4 rings (SSSR count). The number of anilines is 2. The van der Waals surface area contributed by atoms with Gasteiger partial charge in [0.1, 0.15) is 11.2 Å². The first kappa shape index (κ1) is 24.0. The number of rotatable bonds is 3. The van der Waals surface area contributed by atoms with Crippen molar-refractivity contribution in [2.75, 3.05) is 24.1 Å². The molecule has 3 amide bonds. The van der Waals surface area contributed by atoms with Gasteiger partial charge in [-0.25, -0.2) is 4.98 Å². The van der Waals surface area contributed by atoms with Gasteiger partial charge in [-0.1, -0.05) is 0 Å². The lowest BCUT2D eigenvalue weighted by atomic mass is 9.97. The van der Waals surface area contributed by atoms with Crippen LogP contribution in [0.1, 0.15) is 36.9 Å². The van der Waals surface area contributed by atoms with Gasteiger partial charge in [0.2, 0.25) is 5.91 Å². The summed E-state index contributed by atoms with van der Waals surface area (Å²) in [4.78, 5) is 45.3. The summed E-state index contributed by atoms with van der Waals surface area (Å²) in [6, 6.07) is 1.87. The zero-order chi connectivity index (χ0) is 24.8. The quantitative estimate of drug-likeness (QED) is 0.636. The molecule has 2 aromatic rings. The molecule has 2 fully saturated rings. The first-order valence-corrected chi connectivity index (χ1v) is 11.6.